The molecule has 28 heavy (non-hydrogen) atoms. The molecular weight excluding hydrogens is 348 g/mol. The largest absolute Gasteiger partial charge is 0.319 e. The Hall–Kier alpha value is -3.39. The molecule has 0 bridgehead atoms. The van der Waals surface area contributed by atoms with Crippen molar-refractivity contribution in [1.82, 2.24) is 14.8 Å². The molecule has 5 nitrogen and oxygen atoms in total. The average Bonchev–Trinajstić information content (AvgIpc) is 3.00. The van der Waals surface area contributed by atoms with Crippen molar-refractivity contribution < 1.29 is 4.79 Å². The Morgan fingerprint density at radius 3 is 2.79 bits per heavy atom. The van der Waals surface area contributed by atoms with E-state index in [4.69, 9.17) is 0 Å². The zero-order chi connectivity index (χ0) is 19.5. The Labute approximate surface area is 164 Å². The molecule has 0 unspecified atom stereocenters. The molecule has 1 N–H and O–H groups in total. The second-order valence-electron chi connectivity index (χ2n) is 7.17. The van der Waals surface area contributed by atoms with Gasteiger partial charge in [0.05, 0.1) is 17.4 Å². The van der Waals surface area contributed by atoms with Crippen LogP contribution in [0.1, 0.15) is 58.0 Å². The lowest BCUT2D eigenvalue weighted by Crippen LogP contribution is -2.17. The fraction of sp³-hybridized carbons (Fsp3) is 0.261. The van der Waals surface area contributed by atoms with Crippen LogP contribution in [0.15, 0.2) is 48.9 Å². The lowest BCUT2D eigenvalue weighted by atomic mass is 9.93. The van der Waals surface area contributed by atoms with Gasteiger partial charge < -0.3 is 5.32 Å². The normalized spacial score (nSPS) is 13.4. The fourth-order valence-corrected chi connectivity index (χ4v) is 3.11. The fourth-order valence-electron chi connectivity index (χ4n) is 3.11. The van der Waals surface area contributed by atoms with Gasteiger partial charge in [-0.2, -0.15) is 5.10 Å². The lowest BCUT2D eigenvalue weighted by molar-refractivity contribution is 0.102. The Balaban J connectivity index is 1.53. The highest BCUT2D eigenvalue weighted by molar-refractivity contribution is 6.04. The summed E-state index contributed by atoms with van der Waals surface area (Å²) in [5, 5.41) is 7.54. The van der Waals surface area contributed by atoms with Gasteiger partial charge in [0.15, 0.2) is 0 Å². The van der Waals surface area contributed by atoms with Crippen LogP contribution in [0.5, 0.6) is 0 Å². The lowest BCUT2D eigenvalue weighted by Gasteiger charge is -2.25. The van der Waals surface area contributed by atoms with Crippen LogP contribution in [0, 0.1) is 25.7 Å². The first kappa shape index (κ1) is 18.0. The first-order chi connectivity index (χ1) is 13.6. The number of rotatable bonds is 3. The maximum Gasteiger partial charge on any atom is 0.255 e. The maximum atomic E-state index is 12.8. The number of aryl methyl sites for hydroxylation is 2. The van der Waals surface area contributed by atoms with E-state index in [-0.39, 0.29) is 5.91 Å². The van der Waals surface area contributed by atoms with E-state index in [9.17, 15) is 4.79 Å². The monoisotopic (exact) mass is 370 g/mol. The summed E-state index contributed by atoms with van der Waals surface area (Å²) in [6, 6.07) is 9.82. The van der Waals surface area contributed by atoms with Gasteiger partial charge >= 0.3 is 0 Å². The number of nitrogens with zero attached hydrogens (tertiary/aromatic N) is 3. The smallest absolute Gasteiger partial charge is 0.255 e. The van der Waals surface area contributed by atoms with Gasteiger partial charge in [0.2, 0.25) is 0 Å². The number of hydrogen-bond donors (Lipinski definition) is 1. The Kier molecular flexibility index (Phi) is 4.94. The van der Waals surface area contributed by atoms with E-state index >= 15 is 0 Å². The number of amides is 1. The number of benzene rings is 1. The van der Waals surface area contributed by atoms with Gasteiger partial charge in [-0.1, -0.05) is 17.9 Å². The number of carbonyl (C=O) groups is 1. The second-order valence-corrected chi connectivity index (χ2v) is 7.17. The topological polar surface area (TPSA) is 59.8 Å². The minimum absolute atomic E-state index is 0.152. The number of anilines is 1. The van der Waals surface area contributed by atoms with Crippen molar-refractivity contribution >= 4 is 11.6 Å². The third-order valence-electron chi connectivity index (χ3n) is 5.12. The van der Waals surface area contributed by atoms with Crippen molar-refractivity contribution in [3.8, 4) is 11.8 Å². The molecule has 3 aromatic rings. The molecule has 2 aromatic heterocycles. The van der Waals surface area contributed by atoms with Crippen LogP contribution in [0.4, 0.5) is 5.69 Å². The molecule has 0 radical (unpaired) electrons. The number of pyridine rings is 1. The predicted octanol–water partition coefficient (Wildman–Crippen LogP) is 4.27. The first-order valence-electron chi connectivity index (χ1n) is 9.50. The zero-order valence-electron chi connectivity index (χ0n) is 16.1. The number of nitrogens with one attached hydrogen (secondary N) is 1. The van der Waals surface area contributed by atoms with Crippen LogP contribution >= 0.6 is 0 Å². The van der Waals surface area contributed by atoms with E-state index in [1.165, 1.54) is 6.42 Å². The third-order valence-corrected chi connectivity index (χ3v) is 5.12. The van der Waals surface area contributed by atoms with Gasteiger partial charge in [0.1, 0.15) is 0 Å². The molecule has 0 saturated heterocycles. The van der Waals surface area contributed by atoms with E-state index in [0.717, 1.165) is 40.9 Å². The zero-order valence-corrected chi connectivity index (χ0v) is 16.1. The van der Waals surface area contributed by atoms with E-state index < -0.39 is 0 Å². The molecule has 0 atom stereocenters. The van der Waals surface area contributed by atoms with Crippen molar-refractivity contribution in [3.63, 3.8) is 0 Å². The molecule has 1 fully saturated rings. The molecule has 1 amide bonds. The Bertz CT molecular complexity index is 1070. The maximum absolute atomic E-state index is 12.8. The summed E-state index contributed by atoms with van der Waals surface area (Å²) in [4.78, 5) is 16.8. The quantitative estimate of drug-likeness (QED) is 0.701. The molecule has 2 heterocycles. The van der Waals surface area contributed by atoms with Gasteiger partial charge in [-0.3, -0.25) is 14.5 Å². The van der Waals surface area contributed by atoms with Gasteiger partial charge in [0, 0.05) is 35.3 Å². The van der Waals surface area contributed by atoms with Crippen molar-refractivity contribution in [2.75, 3.05) is 5.32 Å². The molecule has 0 aliphatic heterocycles. The Morgan fingerprint density at radius 2 is 2.07 bits per heavy atom. The van der Waals surface area contributed by atoms with Crippen molar-refractivity contribution in [1.29, 1.82) is 0 Å². The van der Waals surface area contributed by atoms with Gasteiger partial charge in [-0.25, -0.2) is 0 Å². The van der Waals surface area contributed by atoms with E-state index in [2.05, 4.69) is 27.2 Å². The highest BCUT2D eigenvalue weighted by Crippen LogP contribution is 2.32. The van der Waals surface area contributed by atoms with Gasteiger partial charge in [0.25, 0.3) is 5.91 Å². The summed E-state index contributed by atoms with van der Waals surface area (Å²) in [5.74, 6) is 6.09. The van der Waals surface area contributed by atoms with Crippen molar-refractivity contribution in [3.05, 3.63) is 76.9 Å². The number of aromatic nitrogens is 3. The molecule has 1 aliphatic rings. The number of carbonyl (C=O) groups excluding carboxylic acids is 1. The summed E-state index contributed by atoms with van der Waals surface area (Å²) < 4.78 is 1.98. The Morgan fingerprint density at radius 1 is 1.21 bits per heavy atom. The summed E-state index contributed by atoms with van der Waals surface area (Å²) in [7, 11) is 0. The van der Waals surface area contributed by atoms with Crippen LogP contribution in [0.25, 0.3) is 0 Å². The molecular formula is C23H22N4O. The minimum atomic E-state index is -0.152. The van der Waals surface area contributed by atoms with Crippen LogP contribution in [-0.4, -0.2) is 20.7 Å². The first-order valence-corrected chi connectivity index (χ1v) is 9.50. The van der Waals surface area contributed by atoms with Crippen LogP contribution in [-0.2, 0) is 0 Å². The second kappa shape index (κ2) is 7.69. The molecule has 4 rings (SSSR count). The van der Waals surface area contributed by atoms with E-state index in [1.54, 1.807) is 12.4 Å². The van der Waals surface area contributed by atoms with Crippen LogP contribution < -0.4 is 5.32 Å². The minimum Gasteiger partial charge on any atom is -0.319 e. The molecule has 140 valence electrons. The highest BCUT2D eigenvalue weighted by Gasteiger charge is 2.21. The molecule has 1 aromatic carbocycles. The SMILES string of the molecule is Cc1ccc(C(=O)Nc2cn(C3CCC3)nc2C)cc1C#Cc1cccnc1. The van der Waals surface area contributed by atoms with Crippen molar-refractivity contribution in [2.24, 2.45) is 0 Å². The summed E-state index contributed by atoms with van der Waals surface area (Å²) in [5.41, 5.74) is 4.89. The summed E-state index contributed by atoms with van der Waals surface area (Å²) in [6.07, 6.45) is 8.95. The van der Waals surface area contributed by atoms with E-state index in [0.29, 0.717) is 11.6 Å². The van der Waals surface area contributed by atoms with E-state index in [1.807, 2.05) is 55.1 Å². The molecule has 1 aliphatic carbocycles. The highest BCUT2D eigenvalue weighted by atomic mass is 16.1. The summed E-state index contributed by atoms with van der Waals surface area (Å²) in [6.45, 7) is 3.91. The molecule has 1 saturated carbocycles. The predicted molar refractivity (Wildman–Crippen MR) is 109 cm³/mol. The molecule has 5 heteroatoms. The molecule has 0 spiro atoms. The summed E-state index contributed by atoms with van der Waals surface area (Å²) >= 11 is 0. The van der Waals surface area contributed by atoms with Crippen LogP contribution in [0.3, 0.4) is 0 Å². The van der Waals surface area contributed by atoms with Crippen LogP contribution in [0.2, 0.25) is 0 Å². The third kappa shape index (κ3) is 3.81. The number of hydrogen-bond acceptors (Lipinski definition) is 3. The van der Waals surface area contributed by atoms with Gasteiger partial charge in [-0.15, -0.1) is 0 Å². The average molecular weight is 370 g/mol. The van der Waals surface area contributed by atoms with Gasteiger partial charge in [-0.05, 0) is 62.9 Å². The standard InChI is InChI=1S/C23H22N4O/c1-16-8-10-20(13-19(16)11-9-18-5-4-12-24-14-18)23(28)25-22-15-27(26-17(22)2)21-6-3-7-21/h4-5,8,10,12-15,21H,3,6-7H2,1-2H3,(H,25,28). The van der Waals surface area contributed by atoms with Crippen molar-refractivity contribution in [2.45, 2.75) is 39.2 Å².